The predicted octanol–water partition coefficient (Wildman–Crippen LogP) is 10.1. The Labute approximate surface area is 173 Å². The molecule has 0 radical (unpaired) electrons. The van der Waals surface area contributed by atoms with Crippen molar-refractivity contribution < 1.29 is 0 Å². The summed E-state index contributed by atoms with van der Waals surface area (Å²) < 4.78 is 7.94. The van der Waals surface area contributed by atoms with E-state index in [-0.39, 0.29) is 0 Å². The van der Waals surface area contributed by atoms with Gasteiger partial charge in [0.2, 0.25) is 0 Å². The van der Waals surface area contributed by atoms with Gasteiger partial charge >= 0.3 is 174 Å². The Morgan fingerprint density at radius 3 is 0.846 bits per heavy atom. The summed E-state index contributed by atoms with van der Waals surface area (Å²) in [6.45, 7) is 6.99. The molecule has 0 saturated carbocycles. The van der Waals surface area contributed by atoms with Crippen LogP contribution in [0.1, 0.15) is 136 Å². The average molecular weight is 564 g/mol. The summed E-state index contributed by atoms with van der Waals surface area (Å²) in [6.07, 6.45) is 26.8. The molecule has 0 fully saturated rings. The minimum absolute atomic E-state index is 1.38. The summed E-state index contributed by atoms with van der Waals surface area (Å²) >= 11 is -1.83. The van der Waals surface area contributed by atoms with Gasteiger partial charge in [-0.2, -0.15) is 0 Å². The first-order chi connectivity index (χ1) is 12.7. The van der Waals surface area contributed by atoms with E-state index in [0.717, 1.165) is 0 Å². The molecule has 0 saturated heterocycles. The molecule has 0 aliphatic carbocycles. The van der Waals surface area contributed by atoms with Gasteiger partial charge in [-0.15, -0.1) is 0 Å². The minimum atomic E-state index is -1.83. The molecule has 0 atom stereocenters. The fourth-order valence-corrected chi connectivity index (χ4v) is 18.3. The summed E-state index contributed by atoms with van der Waals surface area (Å²) in [5.41, 5.74) is 0. The molecule has 0 spiro atoms. The second-order valence-corrected chi connectivity index (χ2v) is 26.9. The van der Waals surface area contributed by atoms with Crippen LogP contribution in [0.4, 0.5) is 0 Å². The van der Waals surface area contributed by atoms with Crippen LogP contribution in [-0.4, -0.2) is 20.3 Å². The van der Waals surface area contributed by atoms with Crippen LogP contribution in [0.2, 0.25) is 17.0 Å². The third-order valence-corrected chi connectivity index (χ3v) is 22.4. The Morgan fingerprint density at radius 1 is 0.346 bits per heavy atom. The molecule has 0 heterocycles. The molecule has 0 aliphatic rings. The molecule has 0 aromatic rings. The van der Waals surface area contributed by atoms with Gasteiger partial charge in [0, 0.05) is 0 Å². The topological polar surface area (TPSA) is 0 Å². The Balaban J connectivity index is 3.97. The summed E-state index contributed by atoms with van der Waals surface area (Å²) in [4.78, 5) is 0. The van der Waals surface area contributed by atoms with Crippen LogP contribution >= 0.6 is 0 Å². The fourth-order valence-electron chi connectivity index (χ4n) is 4.16. The second-order valence-electron chi connectivity index (χ2n) is 9.09. The molecule has 0 nitrogen and oxygen atoms in total. The quantitative estimate of drug-likeness (QED) is 0.0963. The number of rotatable bonds is 21. The van der Waals surface area contributed by atoms with Crippen molar-refractivity contribution in [1.29, 1.82) is 0 Å². The molecule has 0 rings (SSSR count). The molecular weight excluding hydrogens is 509 g/mol. The van der Waals surface area contributed by atoms with Crippen LogP contribution in [0.3, 0.4) is 0 Å². The number of unbranched alkanes of at least 4 members (excludes halogenated alkanes) is 15. The number of hydrogen-bond acceptors (Lipinski definition) is 0. The van der Waals surface area contributed by atoms with E-state index >= 15 is 0 Å². The second kappa shape index (κ2) is 20.6. The summed E-state index contributed by atoms with van der Waals surface area (Å²) in [7, 11) is 0. The van der Waals surface area contributed by atoms with Gasteiger partial charge in [-0.05, 0) is 0 Å². The SMILES string of the molecule is CCCCCCCCC[CH2][Bi-]([CH3])([CH2]CCCCCC)[CH2]CCCCCC. The van der Waals surface area contributed by atoms with Gasteiger partial charge in [-0.1, -0.05) is 0 Å². The first kappa shape index (κ1) is 26.9. The third kappa shape index (κ3) is 18.3. The zero-order valence-electron chi connectivity index (χ0n) is 19.3. The maximum atomic E-state index is 2.83. The van der Waals surface area contributed by atoms with Gasteiger partial charge in [0.15, 0.2) is 0 Å². The van der Waals surface area contributed by atoms with Crippen molar-refractivity contribution in [3.8, 4) is 0 Å². The molecule has 1 heteroatoms. The fraction of sp³-hybridized carbons (Fsp3) is 1.00. The van der Waals surface area contributed by atoms with E-state index in [1.165, 1.54) is 96.3 Å². The van der Waals surface area contributed by atoms with Crippen molar-refractivity contribution in [3.63, 3.8) is 0 Å². The van der Waals surface area contributed by atoms with Gasteiger partial charge in [0.25, 0.3) is 0 Å². The van der Waals surface area contributed by atoms with E-state index < -0.39 is 20.3 Å². The number of hydrogen-bond donors (Lipinski definition) is 0. The van der Waals surface area contributed by atoms with Crippen molar-refractivity contribution in [2.75, 3.05) is 0 Å². The molecule has 160 valence electrons. The zero-order valence-corrected chi connectivity index (χ0v) is 22.8. The van der Waals surface area contributed by atoms with E-state index in [0.29, 0.717) is 0 Å². The van der Waals surface area contributed by atoms with Gasteiger partial charge in [0.1, 0.15) is 0 Å². The molecule has 0 aromatic heterocycles. The van der Waals surface area contributed by atoms with E-state index in [9.17, 15) is 0 Å². The average Bonchev–Trinajstić information content (AvgIpc) is 2.64. The summed E-state index contributed by atoms with van der Waals surface area (Å²) in [5.74, 6) is 0. The molecular formula is C25H54Bi-. The molecule has 0 aliphatic heterocycles. The van der Waals surface area contributed by atoms with Crippen LogP contribution in [-0.2, 0) is 0 Å². The normalized spacial score (nSPS) is 12.6. The standard InChI is InChI=1S/C10H21.2C7H15.CH3.Bi/c1-3-5-7-9-10-8-6-4-2;2*1-3-5-7-6-4-2;;/h1,3-10H2,2H3;2*1,3-7H2,2H3;1H3;/q;;;;-1. The maximum absolute atomic E-state index is 2.83. The summed E-state index contributed by atoms with van der Waals surface area (Å²) in [6, 6.07) is 0. The van der Waals surface area contributed by atoms with Gasteiger partial charge < -0.3 is 0 Å². The Hall–Kier alpha value is 0.883. The Bertz CT molecular complexity index is 247. The van der Waals surface area contributed by atoms with Crippen LogP contribution in [0, 0.1) is 0 Å². The molecule has 26 heavy (non-hydrogen) atoms. The first-order valence-electron chi connectivity index (χ1n) is 12.5. The van der Waals surface area contributed by atoms with Crippen LogP contribution < -0.4 is 0 Å². The third-order valence-electron chi connectivity index (χ3n) is 6.15. The predicted molar refractivity (Wildman–Crippen MR) is 126 cm³/mol. The van der Waals surface area contributed by atoms with Crippen molar-refractivity contribution in [1.82, 2.24) is 0 Å². The first-order valence-corrected chi connectivity index (χ1v) is 23.4. The van der Waals surface area contributed by atoms with E-state index in [2.05, 4.69) is 25.4 Å². The van der Waals surface area contributed by atoms with Crippen molar-refractivity contribution >= 4 is 20.3 Å². The van der Waals surface area contributed by atoms with E-state index in [1.54, 1.807) is 31.6 Å². The van der Waals surface area contributed by atoms with Crippen LogP contribution in [0.15, 0.2) is 0 Å². The van der Waals surface area contributed by atoms with Crippen LogP contribution in [0.5, 0.6) is 0 Å². The monoisotopic (exact) mass is 563 g/mol. The Kier molecular flexibility index (Phi) is 21.3. The van der Waals surface area contributed by atoms with Crippen molar-refractivity contribution in [2.45, 2.75) is 153 Å². The zero-order chi connectivity index (χ0) is 19.3. The Morgan fingerprint density at radius 2 is 0.577 bits per heavy atom. The molecule has 0 unspecified atom stereocenters. The van der Waals surface area contributed by atoms with E-state index in [1.807, 2.05) is 0 Å². The van der Waals surface area contributed by atoms with Gasteiger partial charge in [-0.25, -0.2) is 0 Å². The van der Waals surface area contributed by atoms with Crippen molar-refractivity contribution in [2.24, 2.45) is 0 Å². The van der Waals surface area contributed by atoms with E-state index in [4.69, 9.17) is 0 Å². The molecule has 0 amide bonds. The van der Waals surface area contributed by atoms with Crippen molar-refractivity contribution in [3.05, 3.63) is 0 Å². The summed E-state index contributed by atoms with van der Waals surface area (Å²) in [5, 5.41) is 0. The molecule has 0 N–H and O–H groups in total. The molecule has 0 aromatic carbocycles. The molecule has 0 bridgehead atoms. The van der Waals surface area contributed by atoms with Gasteiger partial charge in [-0.3, -0.25) is 0 Å². The van der Waals surface area contributed by atoms with Crippen LogP contribution in [0.25, 0.3) is 0 Å². The van der Waals surface area contributed by atoms with Gasteiger partial charge in [0.05, 0.1) is 0 Å².